The van der Waals surface area contributed by atoms with Crippen LogP contribution >= 0.6 is 38.5 Å². The van der Waals surface area contributed by atoms with Crippen LogP contribution in [0.5, 0.6) is 11.5 Å². The largest absolute Gasteiger partial charge is 0.493 e. The first-order valence-corrected chi connectivity index (χ1v) is 5.89. The molecule has 0 saturated carbocycles. The van der Waals surface area contributed by atoms with Crippen LogP contribution in [0.3, 0.4) is 0 Å². The van der Waals surface area contributed by atoms with Crippen LogP contribution in [0.15, 0.2) is 12.1 Å². The van der Waals surface area contributed by atoms with E-state index in [1.54, 1.807) is 14.2 Å². The quantitative estimate of drug-likeness (QED) is 0.611. The average molecular weight is 357 g/mol. The van der Waals surface area contributed by atoms with Gasteiger partial charge in [-0.3, -0.25) is 0 Å². The van der Waals surface area contributed by atoms with Gasteiger partial charge in [-0.2, -0.15) is 0 Å². The molecule has 0 N–H and O–H groups in total. The normalized spacial score (nSPS) is 9.85. The molecule has 1 aromatic carbocycles. The number of benzene rings is 1. The Balaban J connectivity index is 3.18. The summed E-state index contributed by atoms with van der Waals surface area (Å²) in [6.07, 6.45) is 0. The van der Waals surface area contributed by atoms with Crippen molar-refractivity contribution in [1.82, 2.24) is 0 Å². The van der Waals surface area contributed by atoms with Gasteiger partial charge in [-0.1, -0.05) is 15.9 Å². The summed E-state index contributed by atoms with van der Waals surface area (Å²) in [5, 5.41) is 0.825. The Kier molecular flexibility index (Phi) is 4.31. The van der Waals surface area contributed by atoms with E-state index in [9.17, 15) is 0 Å². The van der Waals surface area contributed by atoms with Gasteiger partial charge in [0.2, 0.25) is 0 Å². The van der Waals surface area contributed by atoms with Crippen molar-refractivity contribution in [2.45, 2.75) is 5.33 Å². The Hall–Kier alpha value is 0.0300. The average Bonchev–Trinajstić information content (AvgIpc) is 2.17. The fraction of sp³-hybridized carbons (Fsp3) is 0.333. The summed E-state index contributed by atoms with van der Waals surface area (Å²) >= 11 is 5.69. The zero-order chi connectivity index (χ0) is 9.84. The number of alkyl halides is 1. The van der Waals surface area contributed by atoms with Gasteiger partial charge in [0.05, 0.1) is 14.2 Å². The van der Waals surface area contributed by atoms with Crippen LogP contribution in [-0.4, -0.2) is 14.2 Å². The third-order valence-electron chi connectivity index (χ3n) is 1.70. The predicted octanol–water partition coefficient (Wildman–Crippen LogP) is 3.20. The van der Waals surface area contributed by atoms with E-state index in [1.165, 1.54) is 9.13 Å². The minimum absolute atomic E-state index is 0.775. The molecule has 0 fully saturated rings. The number of methoxy groups -OCH3 is 2. The van der Waals surface area contributed by atoms with Crippen LogP contribution < -0.4 is 9.47 Å². The molecule has 0 spiro atoms. The third kappa shape index (κ3) is 2.49. The molecule has 0 amide bonds. The fourth-order valence-corrected chi connectivity index (χ4v) is 2.62. The third-order valence-corrected chi connectivity index (χ3v) is 3.30. The smallest absolute Gasteiger partial charge is 0.161 e. The van der Waals surface area contributed by atoms with Gasteiger partial charge >= 0.3 is 0 Å². The second-order valence-electron chi connectivity index (χ2n) is 2.43. The Morgan fingerprint density at radius 3 is 2.23 bits per heavy atom. The van der Waals surface area contributed by atoms with Crippen LogP contribution in [0.25, 0.3) is 0 Å². The molecule has 0 aliphatic rings. The highest BCUT2D eigenvalue weighted by Gasteiger charge is 2.07. The zero-order valence-corrected chi connectivity index (χ0v) is 11.2. The molecule has 0 bridgehead atoms. The van der Waals surface area contributed by atoms with Gasteiger partial charge in [-0.05, 0) is 40.3 Å². The highest BCUT2D eigenvalue weighted by Crippen LogP contribution is 2.31. The Labute approximate surface area is 99.9 Å². The molecular formula is C9H10BrIO2. The van der Waals surface area contributed by atoms with Gasteiger partial charge in [0.15, 0.2) is 11.5 Å². The summed E-state index contributed by atoms with van der Waals surface area (Å²) in [4.78, 5) is 0. The SMILES string of the molecule is COc1cc(I)c(CBr)cc1OC. The van der Waals surface area contributed by atoms with Crippen molar-refractivity contribution in [3.8, 4) is 11.5 Å². The van der Waals surface area contributed by atoms with E-state index in [0.717, 1.165) is 16.8 Å². The maximum atomic E-state index is 5.18. The summed E-state index contributed by atoms with van der Waals surface area (Å²) in [5.74, 6) is 1.55. The number of rotatable bonds is 3. The molecule has 0 aliphatic carbocycles. The maximum Gasteiger partial charge on any atom is 0.161 e. The first-order chi connectivity index (χ1) is 6.22. The fourth-order valence-electron chi connectivity index (χ4n) is 0.999. The molecule has 0 aliphatic heterocycles. The minimum atomic E-state index is 0.775. The van der Waals surface area contributed by atoms with Crippen molar-refractivity contribution in [3.05, 3.63) is 21.3 Å². The van der Waals surface area contributed by atoms with Crippen LogP contribution in [0.4, 0.5) is 0 Å². The second-order valence-corrected chi connectivity index (χ2v) is 4.16. The highest BCUT2D eigenvalue weighted by molar-refractivity contribution is 14.1. The molecule has 13 heavy (non-hydrogen) atoms. The predicted molar refractivity (Wildman–Crippen MR) is 64.9 cm³/mol. The lowest BCUT2D eigenvalue weighted by molar-refractivity contribution is 0.354. The van der Waals surface area contributed by atoms with Crippen molar-refractivity contribution in [3.63, 3.8) is 0 Å². The molecular weight excluding hydrogens is 347 g/mol. The van der Waals surface area contributed by atoms with E-state index >= 15 is 0 Å². The first kappa shape index (κ1) is 11.1. The van der Waals surface area contributed by atoms with Gasteiger partial charge in [0, 0.05) is 8.90 Å². The molecule has 0 radical (unpaired) electrons. The number of hydrogen-bond acceptors (Lipinski definition) is 2. The number of halogens is 2. The van der Waals surface area contributed by atoms with Crippen LogP contribution in [0, 0.1) is 3.57 Å². The molecule has 4 heteroatoms. The van der Waals surface area contributed by atoms with Crippen molar-refractivity contribution >= 4 is 38.5 Å². The first-order valence-electron chi connectivity index (χ1n) is 3.69. The van der Waals surface area contributed by atoms with Crippen LogP contribution in [0.2, 0.25) is 0 Å². The van der Waals surface area contributed by atoms with E-state index in [-0.39, 0.29) is 0 Å². The van der Waals surface area contributed by atoms with Crippen molar-refractivity contribution in [2.24, 2.45) is 0 Å². The maximum absolute atomic E-state index is 5.18. The van der Waals surface area contributed by atoms with Crippen molar-refractivity contribution in [1.29, 1.82) is 0 Å². The van der Waals surface area contributed by atoms with Crippen LogP contribution in [0.1, 0.15) is 5.56 Å². The molecule has 2 nitrogen and oxygen atoms in total. The van der Waals surface area contributed by atoms with Gasteiger partial charge < -0.3 is 9.47 Å². The molecule has 72 valence electrons. The topological polar surface area (TPSA) is 18.5 Å². The summed E-state index contributed by atoms with van der Waals surface area (Å²) in [6.45, 7) is 0. The Bertz CT molecular complexity index is 302. The van der Waals surface area contributed by atoms with Crippen LogP contribution in [-0.2, 0) is 5.33 Å². The van der Waals surface area contributed by atoms with Gasteiger partial charge in [-0.15, -0.1) is 0 Å². The molecule has 0 aromatic heterocycles. The molecule has 0 atom stereocenters. The summed E-state index contributed by atoms with van der Waals surface area (Å²) < 4.78 is 11.5. The Morgan fingerprint density at radius 2 is 1.77 bits per heavy atom. The van der Waals surface area contributed by atoms with Gasteiger partial charge in [0.25, 0.3) is 0 Å². The van der Waals surface area contributed by atoms with E-state index in [0.29, 0.717) is 0 Å². The second kappa shape index (κ2) is 5.05. The zero-order valence-electron chi connectivity index (χ0n) is 7.43. The Morgan fingerprint density at radius 1 is 1.23 bits per heavy atom. The van der Waals surface area contributed by atoms with E-state index < -0.39 is 0 Å². The van der Waals surface area contributed by atoms with Crippen molar-refractivity contribution < 1.29 is 9.47 Å². The molecule has 1 rings (SSSR count). The van der Waals surface area contributed by atoms with Gasteiger partial charge in [-0.25, -0.2) is 0 Å². The van der Waals surface area contributed by atoms with Crippen molar-refractivity contribution in [2.75, 3.05) is 14.2 Å². The summed E-state index contributed by atoms with van der Waals surface area (Å²) in [6, 6.07) is 3.95. The lowest BCUT2D eigenvalue weighted by atomic mass is 10.2. The minimum Gasteiger partial charge on any atom is -0.493 e. The standard InChI is InChI=1S/C9H10BrIO2/c1-12-8-3-6(5-10)7(11)4-9(8)13-2/h3-4H,5H2,1-2H3. The molecule has 0 unspecified atom stereocenters. The highest BCUT2D eigenvalue weighted by atomic mass is 127. The van der Waals surface area contributed by atoms with Gasteiger partial charge in [0.1, 0.15) is 0 Å². The summed E-state index contributed by atoms with van der Waals surface area (Å²) in [7, 11) is 3.28. The number of hydrogen-bond donors (Lipinski definition) is 0. The molecule has 0 saturated heterocycles. The number of ether oxygens (including phenoxy) is 2. The molecule has 0 heterocycles. The van der Waals surface area contributed by atoms with E-state index in [2.05, 4.69) is 38.5 Å². The lowest BCUT2D eigenvalue weighted by Crippen LogP contribution is -1.94. The molecule has 1 aromatic rings. The summed E-state index contributed by atoms with van der Waals surface area (Å²) in [5.41, 5.74) is 1.21. The van der Waals surface area contributed by atoms with E-state index in [1.807, 2.05) is 12.1 Å². The van der Waals surface area contributed by atoms with E-state index in [4.69, 9.17) is 9.47 Å². The lowest BCUT2D eigenvalue weighted by Gasteiger charge is -2.10. The monoisotopic (exact) mass is 356 g/mol.